The van der Waals surface area contributed by atoms with E-state index in [1.54, 1.807) is 24.6 Å². The fourth-order valence-electron chi connectivity index (χ4n) is 3.37. The van der Waals surface area contributed by atoms with E-state index in [9.17, 15) is 0 Å². The largest absolute Gasteiger partial charge is 0.494 e. The first-order chi connectivity index (χ1) is 15.4. The predicted octanol–water partition coefficient (Wildman–Crippen LogP) is 4.09. The molecule has 0 spiro atoms. The van der Waals surface area contributed by atoms with Crippen molar-refractivity contribution in [1.29, 1.82) is 0 Å². The molecule has 4 rings (SSSR count). The van der Waals surface area contributed by atoms with Crippen LogP contribution in [-0.4, -0.2) is 61.2 Å². The van der Waals surface area contributed by atoms with Crippen LogP contribution in [0, 0.1) is 0 Å². The van der Waals surface area contributed by atoms with Crippen molar-refractivity contribution in [3.63, 3.8) is 0 Å². The molecule has 0 unspecified atom stereocenters. The molecule has 0 radical (unpaired) electrons. The number of ether oxygens (including phenoxy) is 1. The van der Waals surface area contributed by atoms with Gasteiger partial charge in [0.25, 0.3) is 0 Å². The summed E-state index contributed by atoms with van der Waals surface area (Å²) in [5.74, 6) is 1.14. The highest BCUT2D eigenvalue weighted by Gasteiger charge is 2.14. The molecule has 0 fully saturated rings. The summed E-state index contributed by atoms with van der Waals surface area (Å²) in [6.07, 6.45) is 1.74. The molecule has 0 aliphatic rings. The van der Waals surface area contributed by atoms with Crippen molar-refractivity contribution in [3.8, 4) is 17.0 Å². The van der Waals surface area contributed by atoms with Crippen LogP contribution in [0.5, 0.6) is 5.75 Å². The van der Waals surface area contributed by atoms with E-state index in [4.69, 9.17) is 15.5 Å². The molecule has 0 amide bonds. The number of nitrogens with zero attached hydrogens (tertiary/aromatic N) is 5. The van der Waals surface area contributed by atoms with Crippen LogP contribution in [0.2, 0.25) is 0 Å². The van der Waals surface area contributed by atoms with Gasteiger partial charge in [-0.25, -0.2) is 15.0 Å². The van der Waals surface area contributed by atoms with Crippen LogP contribution < -0.4 is 20.7 Å². The third-order valence-electron chi connectivity index (χ3n) is 5.17. The van der Waals surface area contributed by atoms with Crippen LogP contribution in [0.3, 0.4) is 0 Å². The lowest BCUT2D eigenvalue weighted by Gasteiger charge is -2.24. The number of nitrogens with one attached hydrogen (secondary N) is 1. The first-order valence-corrected chi connectivity index (χ1v) is 11.1. The molecular weight excluding hydrogens is 422 g/mol. The summed E-state index contributed by atoms with van der Waals surface area (Å²) >= 11 is 1.61. The van der Waals surface area contributed by atoms with Gasteiger partial charge in [-0.2, -0.15) is 0 Å². The molecule has 166 valence electrons. The van der Waals surface area contributed by atoms with Gasteiger partial charge < -0.3 is 25.6 Å². The molecule has 0 bridgehead atoms. The summed E-state index contributed by atoms with van der Waals surface area (Å²) in [5, 5.41) is 3.26. The number of rotatable bonds is 8. The molecule has 0 saturated heterocycles. The molecule has 2 aromatic carbocycles. The standard InChI is InChI=1S/C23H27N7OS/c1-29(2)9-10-30(3)20-13-21(31-4)19(12-16(20)24)28-23-25-8-7-17(27-23)15-5-6-18-22(11-15)32-14-26-18/h5-8,11-14H,9-10,24H2,1-4H3,(H,25,27,28). The summed E-state index contributed by atoms with van der Waals surface area (Å²) in [6, 6.07) is 11.8. The zero-order valence-corrected chi connectivity index (χ0v) is 19.5. The van der Waals surface area contributed by atoms with Crippen molar-refractivity contribution in [2.45, 2.75) is 0 Å². The number of hydrogen-bond donors (Lipinski definition) is 2. The minimum Gasteiger partial charge on any atom is -0.494 e. The molecule has 0 atom stereocenters. The molecule has 9 heteroatoms. The van der Waals surface area contributed by atoms with E-state index >= 15 is 0 Å². The Kier molecular flexibility index (Phi) is 6.38. The fourth-order valence-corrected chi connectivity index (χ4v) is 4.08. The summed E-state index contributed by atoms with van der Waals surface area (Å²) in [7, 11) is 7.76. The molecule has 0 aliphatic carbocycles. The van der Waals surface area contributed by atoms with Crippen molar-refractivity contribution < 1.29 is 4.74 Å². The second kappa shape index (κ2) is 9.37. The second-order valence-corrected chi connectivity index (χ2v) is 8.65. The molecule has 3 N–H and O–H groups in total. The van der Waals surface area contributed by atoms with Crippen LogP contribution in [-0.2, 0) is 0 Å². The third-order valence-corrected chi connectivity index (χ3v) is 5.96. The molecule has 32 heavy (non-hydrogen) atoms. The normalized spacial score (nSPS) is 11.2. The van der Waals surface area contributed by atoms with Crippen molar-refractivity contribution in [3.05, 3.63) is 48.1 Å². The number of hydrogen-bond acceptors (Lipinski definition) is 9. The van der Waals surface area contributed by atoms with Crippen LogP contribution in [0.1, 0.15) is 0 Å². The predicted molar refractivity (Wildman–Crippen MR) is 133 cm³/mol. The van der Waals surface area contributed by atoms with Gasteiger partial charge in [-0.1, -0.05) is 6.07 Å². The van der Waals surface area contributed by atoms with E-state index in [0.29, 0.717) is 23.1 Å². The third kappa shape index (κ3) is 4.74. The van der Waals surface area contributed by atoms with Gasteiger partial charge in [0, 0.05) is 38.0 Å². The van der Waals surface area contributed by atoms with Gasteiger partial charge >= 0.3 is 0 Å². The van der Waals surface area contributed by atoms with Crippen LogP contribution in [0.4, 0.5) is 23.0 Å². The van der Waals surface area contributed by atoms with Crippen LogP contribution in [0.25, 0.3) is 21.5 Å². The Morgan fingerprint density at radius 3 is 2.69 bits per heavy atom. The lowest BCUT2D eigenvalue weighted by Crippen LogP contribution is -2.29. The lowest BCUT2D eigenvalue weighted by molar-refractivity contribution is 0.413. The Bertz CT molecular complexity index is 1220. The highest BCUT2D eigenvalue weighted by Crippen LogP contribution is 2.36. The molecule has 0 saturated carbocycles. The number of nitrogen functional groups attached to an aromatic ring is 1. The van der Waals surface area contributed by atoms with Crippen LogP contribution in [0.15, 0.2) is 48.1 Å². The van der Waals surface area contributed by atoms with Crippen LogP contribution >= 0.6 is 11.3 Å². The van der Waals surface area contributed by atoms with E-state index in [1.165, 1.54) is 0 Å². The summed E-state index contributed by atoms with van der Waals surface area (Å²) in [6.45, 7) is 1.77. The number of fused-ring (bicyclic) bond motifs is 1. The summed E-state index contributed by atoms with van der Waals surface area (Å²) in [4.78, 5) is 17.7. The molecule has 2 heterocycles. The number of methoxy groups -OCH3 is 1. The maximum atomic E-state index is 6.37. The molecule has 8 nitrogen and oxygen atoms in total. The first kappa shape index (κ1) is 21.8. The monoisotopic (exact) mass is 449 g/mol. The van der Waals surface area contributed by atoms with E-state index in [1.807, 2.05) is 57.0 Å². The number of anilines is 4. The molecule has 2 aromatic heterocycles. The van der Waals surface area contributed by atoms with Gasteiger partial charge in [-0.3, -0.25) is 0 Å². The quantitative estimate of drug-likeness (QED) is 0.389. The number of thiazole rings is 1. The Labute approximate surface area is 191 Å². The Balaban J connectivity index is 1.59. The average Bonchev–Trinajstić information content (AvgIpc) is 3.26. The lowest BCUT2D eigenvalue weighted by atomic mass is 10.1. The Morgan fingerprint density at radius 2 is 1.91 bits per heavy atom. The highest BCUT2D eigenvalue weighted by atomic mass is 32.1. The van der Waals surface area contributed by atoms with Gasteiger partial charge in [0.1, 0.15) is 5.75 Å². The SMILES string of the molecule is COc1cc(N(C)CCN(C)C)c(N)cc1Nc1nccc(-c2ccc3ncsc3c2)n1. The van der Waals surface area contributed by atoms with E-state index in [-0.39, 0.29) is 0 Å². The Morgan fingerprint density at radius 1 is 1.06 bits per heavy atom. The highest BCUT2D eigenvalue weighted by molar-refractivity contribution is 7.16. The second-order valence-electron chi connectivity index (χ2n) is 7.76. The maximum absolute atomic E-state index is 6.37. The zero-order valence-electron chi connectivity index (χ0n) is 18.7. The Hall–Kier alpha value is -3.43. The topological polar surface area (TPSA) is 92.4 Å². The van der Waals surface area contributed by atoms with Crippen molar-refractivity contribution in [2.24, 2.45) is 0 Å². The molecular formula is C23H27N7OS. The van der Waals surface area contributed by atoms with E-state index in [2.05, 4.69) is 31.2 Å². The van der Waals surface area contributed by atoms with Gasteiger partial charge in [0.2, 0.25) is 5.95 Å². The minimum atomic E-state index is 0.471. The molecule has 4 aromatic rings. The fraction of sp³-hybridized carbons (Fsp3) is 0.261. The number of nitrogens with two attached hydrogens (primary N) is 1. The smallest absolute Gasteiger partial charge is 0.227 e. The number of benzene rings is 2. The first-order valence-electron chi connectivity index (χ1n) is 10.2. The van der Waals surface area contributed by atoms with Gasteiger partial charge in [0.15, 0.2) is 0 Å². The maximum Gasteiger partial charge on any atom is 0.227 e. The van der Waals surface area contributed by atoms with Gasteiger partial charge in [-0.05, 0) is 38.4 Å². The van der Waals surface area contributed by atoms with Crippen molar-refractivity contribution in [2.75, 3.05) is 57.3 Å². The summed E-state index contributed by atoms with van der Waals surface area (Å²) in [5.41, 5.74) is 13.3. The summed E-state index contributed by atoms with van der Waals surface area (Å²) < 4.78 is 6.75. The van der Waals surface area contributed by atoms with E-state index < -0.39 is 0 Å². The number of aromatic nitrogens is 3. The minimum absolute atomic E-state index is 0.471. The van der Waals surface area contributed by atoms with Gasteiger partial charge in [0.05, 0.1) is 45.6 Å². The average molecular weight is 450 g/mol. The van der Waals surface area contributed by atoms with Gasteiger partial charge in [-0.15, -0.1) is 11.3 Å². The van der Waals surface area contributed by atoms with Crippen molar-refractivity contribution in [1.82, 2.24) is 19.9 Å². The molecule has 0 aliphatic heterocycles. The van der Waals surface area contributed by atoms with E-state index in [0.717, 1.165) is 40.3 Å². The van der Waals surface area contributed by atoms with Crippen molar-refractivity contribution >= 4 is 44.6 Å². The zero-order chi connectivity index (χ0) is 22.7. The number of likely N-dealkylation sites (N-methyl/N-ethyl adjacent to an activating group) is 2.